The van der Waals surface area contributed by atoms with E-state index in [9.17, 15) is 9.90 Å². The first-order valence-electron chi connectivity index (χ1n) is 5.90. The van der Waals surface area contributed by atoms with E-state index in [2.05, 4.69) is 5.32 Å². The van der Waals surface area contributed by atoms with Crippen LogP contribution in [0.1, 0.15) is 19.3 Å². The van der Waals surface area contributed by atoms with E-state index >= 15 is 0 Å². The lowest BCUT2D eigenvalue weighted by atomic mass is 9.91. The first-order valence-corrected chi connectivity index (χ1v) is 5.90. The fourth-order valence-corrected chi connectivity index (χ4v) is 2.61. The Kier molecular flexibility index (Phi) is 3.47. The van der Waals surface area contributed by atoms with Crippen molar-refractivity contribution in [2.75, 3.05) is 33.3 Å². The summed E-state index contributed by atoms with van der Waals surface area (Å²) in [7, 11) is 1.77. The molecule has 2 saturated heterocycles. The number of hydrogen-bond donors (Lipinski definition) is 2. The van der Waals surface area contributed by atoms with E-state index in [0.717, 1.165) is 13.0 Å². The quantitative estimate of drug-likeness (QED) is 0.659. The average molecular weight is 228 g/mol. The van der Waals surface area contributed by atoms with Crippen molar-refractivity contribution in [3.8, 4) is 0 Å². The lowest BCUT2D eigenvalue weighted by Crippen LogP contribution is -2.45. The van der Waals surface area contributed by atoms with Gasteiger partial charge < -0.3 is 20.1 Å². The summed E-state index contributed by atoms with van der Waals surface area (Å²) in [6, 6.07) is 0. The third-order valence-corrected chi connectivity index (χ3v) is 3.46. The van der Waals surface area contributed by atoms with E-state index in [1.54, 1.807) is 7.05 Å². The van der Waals surface area contributed by atoms with Crippen molar-refractivity contribution in [1.29, 1.82) is 0 Å². The molecule has 2 N–H and O–H groups in total. The summed E-state index contributed by atoms with van der Waals surface area (Å²) in [5.74, 6) is 0.114. The fraction of sp³-hybridized carbons (Fsp3) is 0.909. The first-order chi connectivity index (χ1) is 7.65. The van der Waals surface area contributed by atoms with Gasteiger partial charge in [0.25, 0.3) is 0 Å². The van der Waals surface area contributed by atoms with Gasteiger partial charge in [0.05, 0.1) is 18.2 Å². The van der Waals surface area contributed by atoms with E-state index in [-0.39, 0.29) is 17.6 Å². The van der Waals surface area contributed by atoms with Crippen LogP contribution in [0.3, 0.4) is 0 Å². The maximum absolute atomic E-state index is 11.7. The minimum atomic E-state index is -0.277. The van der Waals surface area contributed by atoms with Crippen LogP contribution in [-0.4, -0.2) is 60.9 Å². The molecule has 2 heterocycles. The molecule has 0 aromatic heterocycles. The summed E-state index contributed by atoms with van der Waals surface area (Å²) in [4.78, 5) is 13.5. The highest BCUT2D eigenvalue weighted by molar-refractivity contribution is 5.78. The second kappa shape index (κ2) is 4.69. The number of rotatable bonds is 2. The molecule has 0 radical (unpaired) electrons. The molecule has 5 heteroatoms. The molecular formula is C11H20N2O3. The molecule has 2 aliphatic heterocycles. The van der Waals surface area contributed by atoms with Crippen LogP contribution >= 0.6 is 0 Å². The van der Waals surface area contributed by atoms with Crippen LogP contribution in [-0.2, 0) is 9.53 Å². The molecule has 0 bridgehead atoms. The van der Waals surface area contributed by atoms with E-state index in [4.69, 9.17) is 4.74 Å². The Morgan fingerprint density at radius 3 is 3.19 bits per heavy atom. The maximum Gasteiger partial charge on any atom is 0.236 e. The lowest BCUT2D eigenvalue weighted by molar-refractivity contribution is -0.135. The minimum Gasteiger partial charge on any atom is -0.393 e. The molecule has 1 amide bonds. The molecule has 2 aliphatic rings. The molecule has 2 rings (SSSR count). The van der Waals surface area contributed by atoms with Crippen molar-refractivity contribution < 1.29 is 14.6 Å². The number of amides is 1. The van der Waals surface area contributed by atoms with E-state index in [1.807, 2.05) is 4.90 Å². The predicted molar refractivity (Wildman–Crippen MR) is 59.0 cm³/mol. The highest BCUT2D eigenvalue weighted by atomic mass is 16.5. The zero-order chi connectivity index (χ0) is 11.6. The summed E-state index contributed by atoms with van der Waals surface area (Å²) in [6.07, 6.45) is 1.95. The van der Waals surface area contributed by atoms with Gasteiger partial charge in [-0.3, -0.25) is 4.79 Å². The molecule has 0 aliphatic carbocycles. The average Bonchev–Trinajstić information content (AvgIpc) is 2.62. The second-order valence-corrected chi connectivity index (χ2v) is 4.77. The van der Waals surface area contributed by atoms with Gasteiger partial charge in [-0.05, 0) is 19.9 Å². The van der Waals surface area contributed by atoms with Crippen molar-refractivity contribution in [3.05, 3.63) is 0 Å². The van der Waals surface area contributed by atoms with Crippen LogP contribution in [0.5, 0.6) is 0 Å². The molecule has 0 saturated carbocycles. The molecule has 0 unspecified atom stereocenters. The van der Waals surface area contributed by atoms with Crippen molar-refractivity contribution in [3.63, 3.8) is 0 Å². The lowest BCUT2D eigenvalue weighted by Gasteiger charge is -2.36. The normalized spacial score (nSPS) is 34.6. The molecule has 5 nitrogen and oxygen atoms in total. The largest absolute Gasteiger partial charge is 0.393 e. The van der Waals surface area contributed by atoms with E-state index in [0.29, 0.717) is 32.5 Å². The van der Waals surface area contributed by atoms with Crippen LogP contribution in [0.25, 0.3) is 0 Å². The van der Waals surface area contributed by atoms with Crippen LogP contribution < -0.4 is 5.32 Å². The molecule has 16 heavy (non-hydrogen) atoms. The van der Waals surface area contributed by atoms with Gasteiger partial charge in [-0.2, -0.15) is 0 Å². The smallest absolute Gasteiger partial charge is 0.236 e. The molecule has 2 atom stereocenters. The van der Waals surface area contributed by atoms with Gasteiger partial charge in [0, 0.05) is 26.1 Å². The number of carbonyl (C=O) groups is 1. The number of aliphatic hydroxyl groups excluding tert-OH is 1. The van der Waals surface area contributed by atoms with Gasteiger partial charge >= 0.3 is 0 Å². The Bertz CT molecular complexity index is 272. The Morgan fingerprint density at radius 2 is 2.50 bits per heavy atom. The topological polar surface area (TPSA) is 61.8 Å². The highest BCUT2D eigenvalue weighted by Crippen LogP contribution is 2.34. The van der Waals surface area contributed by atoms with E-state index < -0.39 is 0 Å². The number of likely N-dealkylation sites (N-methyl/N-ethyl adjacent to an activating group) is 1. The zero-order valence-electron chi connectivity index (χ0n) is 9.74. The Hall–Kier alpha value is -0.650. The number of aliphatic hydroxyl groups is 1. The second-order valence-electron chi connectivity index (χ2n) is 4.77. The number of ether oxygens (including phenoxy) is 1. The summed E-state index contributed by atoms with van der Waals surface area (Å²) in [5, 5.41) is 12.5. The van der Waals surface area contributed by atoms with Crippen LogP contribution in [0.4, 0.5) is 0 Å². The van der Waals surface area contributed by atoms with Crippen LogP contribution in [0, 0.1) is 0 Å². The van der Waals surface area contributed by atoms with Crippen molar-refractivity contribution in [2.45, 2.75) is 31.0 Å². The third kappa shape index (κ3) is 2.36. The van der Waals surface area contributed by atoms with Gasteiger partial charge in [0.15, 0.2) is 0 Å². The Morgan fingerprint density at radius 1 is 1.69 bits per heavy atom. The summed E-state index contributed by atoms with van der Waals surface area (Å²) < 4.78 is 5.78. The zero-order valence-corrected chi connectivity index (χ0v) is 9.74. The monoisotopic (exact) mass is 228 g/mol. The molecule has 0 aromatic rings. The van der Waals surface area contributed by atoms with Gasteiger partial charge in [0.1, 0.15) is 0 Å². The summed E-state index contributed by atoms with van der Waals surface area (Å²) in [6.45, 7) is 2.35. The summed E-state index contributed by atoms with van der Waals surface area (Å²) in [5.41, 5.74) is -0.277. The predicted octanol–water partition coefficient (Wildman–Crippen LogP) is -0.652. The molecule has 92 valence electrons. The summed E-state index contributed by atoms with van der Waals surface area (Å²) >= 11 is 0. The number of hydrogen-bond acceptors (Lipinski definition) is 4. The molecule has 2 fully saturated rings. The maximum atomic E-state index is 11.7. The van der Waals surface area contributed by atoms with Gasteiger partial charge in [-0.1, -0.05) is 0 Å². The molecule has 1 spiro atoms. The minimum absolute atomic E-state index is 0.114. The molecular weight excluding hydrogens is 208 g/mol. The van der Waals surface area contributed by atoms with Crippen molar-refractivity contribution in [1.82, 2.24) is 10.2 Å². The van der Waals surface area contributed by atoms with Crippen LogP contribution in [0.2, 0.25) is 0 Å². The van der Waals surface area contributed by atoms with Gasteiger partial charge in [0.2, 0.25) is 5.91 Å². The van der Waals surface area contributed by atoms with Crippen molar-refractivity contribution >= 4 is 5.91 Å². The first kappa shape index (κ1) is 11.8. The van der Waals surface area contributed by atoms with Crippen molar-refractivity contribution in [2.24, 2.45) is 0 Å². The Labute approximate surface area is 95.8 Å². The standard InChI is InChI=1S/C11H20N2O3/c1-12-7-10(15)13-4-3-11(8-13)6-9(14)2-5-16-11/h9,12,14H,2-8H2,1H3/t9-,11-/m0/s1. The van der Waals surface area contributed by atoms with Gasteiger partial charge in [-0.15, -0.1) is 0 Å². The fourth-order valence-electron chi connectivity index (χ4n) is 2.61. The SMILES string of the molecule is CNCC(=O)N1CC[C@]2(C[C@@H](O)CCO2)C1. The van der Waals surface area contributed by atoms with Crippen LogP contribution in [0.15, 0.2) is 0 Å². The Balaban J connectivity index is 1.93. The highest BCUT2D eigenvalue weighted by Gasteiger charge is 2.44. The number of nitrogens with one attached hydrogen (secondary N) is 1. The number of nitrogens with zero attached hydrogens (tertiary/aromatic N) is 1. The van der Waals surface area contributed by atoms with Gasteiger partial charge in [-0.25, -0.2) is 0 Å². The number of carbonyl (C=O) groups excluding carboxylic acids is 1. The number of likely N-dealkylation sites (tertiary alicyclic amines) is 1. The molecule has 0 aromatic carbocycles. The third-order valence-electron chi connectivity index (χ3n) is 3.46. The van der Waals surface area contributed by atoms with E-state index in [1.165, 1.54) is 0 Å².